The molecule has 0 bridgehead atoms. The van der Waals surface area contributed by atoms with Crippen LogP contribution in [-0.4, -0.2) is 61.0 Å². The lowest BCUT2D eigenvalue weighted by Gasteiger charge is -2.34. The first-order valence-electron chi connectivity index (χ1n) is 9.44. The van der Waals surface area contributed by atoms with Crippen LogP contribution in [-0.2, 0) is 4.74 Å². The fraction of sp³-hybridized carbons (Fsp3) is 0.611. The summed E-state index contributed by atoms with van der Waals surface area (Å²) in [6.07, 6.45) is 15.0. The minimum atomic E-state index is 0.150. The van der Waals surface area contributed by atoms with Gasteiger partial charge in [0.15, 0.2) is 12.0 Å². The third kappa shape index (κ3) is 4.52. The number of nitriles is 1. The topological polar surface area (TPSA) is 102 Å². The van der Waals surface area contributed by atoms with Crippen LogP contribution in [0.2, 0.25) is 0 Å². The fourth-order valence-electron chi connectivity index (χ4n) is 3.64. The summed E-state index contributed by atoms with van der Waals surface area (Å²) >= 11 is 0. The average Bonchev–Trinajstić information content (AvgIpc) is 3.26. The van der Waals surface area contributed by atoms with Crippen molar-refractivity contribution in [3.8, 4) is 17.9 Å². The molecule has 2 aliphatic rings. The highest BCUT2D eigenvalue weighted by atomic mass is 16.5. The van der Waals surface area contributed by atoms with E-state index in [4.69, 9.17) is 14.7 Å². The van der Waals surface area contributed by atoms with Gasteiger partial charge in [-0.1, -0.05) is 0 Å². The molecule has 2 aromatic rings. The molecule has 0 spiro atoms. The van der Waals surface area contributed by atoms with Crippen LogP contribution in [0, 0.1) is 11.5 Å². The van der Waals surface area contributed by atoms with Crippen molar-refractivity contribution in [2.24, 2.45) is 0 Å². The standard InChI is InChI=1S/C18H23N7O2/c19-11-24-7-5-16(6-8-24)26-14-1-3-15(4-2-14)27-18-10-21-17(9-22-18)25-13-20-12-23-25/h9-10,12-16H,1-8H2. The van der Waals surface area contributed by atoms with Crippen LogP contribution in [0.4, 0.5) is 0 Å². The molecule has 142 valence electrons. The maximum absolute atomic E-state index is 8.92. The van der Waals surface area contributed by atoms with Crippen LogP contribution in [0.15, 0.2) is 25.0 Å². The van der Waals surface area contributed by atoms with E-state index < -0.39 is 0 Å². The molecule has 4 rings (SSSR count). The van der Waals surface area contributed by atoms with Crippen LogP contribution < -0.4 is 4.74 Å². The monoisotopic (exact) mass is 369 g/mol. The van der Waals surface area contributed by atoms with E-state index in [1.165, 1.54) is 6.33 Å². The summed E-state index contributed by atoms with van der Waals surface area (Å²) in [5, 5.41) is 12.9. The van der Waals surface area contributed by atoms with Crippen molar-refractivity contribution in [2.45, 2.75) is 56.8 Å². The Morgan fingerprint density at radius 3 is 2.33 bits per heavy atom. The van der Waals surface area contributed by atoms with E-state index in [2.05, 4.69) is 26.2 Å². The molecular formula is C18H23N7O2. The van der Waals surface area contributed by atoms with Gasteiger partial charge in [-0.25, -0.2) is 19.6 Å². The predicted octanol–water partition coefficient (Wildman–Crippen LogP) is 1.71. The molecule has 0 radical (unpaired) electrons. The largest absolute Gasteiger partial charge is 0.473 e. The Bertz CT molecular complexity index is 743. The molecular weight excluding hydrogens is 346 g/mol. The van der Waals surface area contributed by atoms with Crippen molar-refractivity contribution < 1.29 is 9.47 Å². The molecule has 1 aliphatic heterocycles. The Hall–Kier alpha value is -2.73. The van der Waals surface area contributed by atoms with Gasteiger partial charge in [0.25, 0.3) is 0 Å². The van der Waals surface area contributed by atoms with Crippen molar-refractivity contribution in [1.29, 1.82) is 5.26 Å². The summed E-state index contributed by atoms with van der Waals surface area (Å²) in [5.41, 5.74) is 0. The Morgan fingerprint density at radius 1 is 0.963 bits per heavy atom. The zero-order valence-corrected chi connectivity index (χ0v) is 15.1. The van der Waals surface area contributed by atoms with Gasteiger partial charge in [0.2, 0.25) is 5.88 Å². The number of hydrogen-bond acceptors (Lipinski definition) is 8. The van der Waals surface area contributed by atoms with E-state index in [0.29, 0.717) is 17.8 Å². The molecule has 1 saturated carbocycles. The molecule has 3 heterocycles. The number of piperidine rings is 1. The SMILES string of the molecule is N#CN1CCC(OC2CCC(Oc3cnc(-n4cncn4)cn3)CC2)CC1. The predicted molar refractivity (Wildman–Crippen MR) is 94.9 cm³/mol. The van der Waals surface area contributed by atoms with Gasteiger partial charge in [0.05, 0.1) is 24.6 Å². The molecule has 0 aromatic carbocycles. The number of likely N-dealkylation sites (tertiary alicyclic amines) is 1. The molecule has 2 aromatic heterocycles. The Labute approximate surface area is 158 Å². The minimum absolute atomic E-state index is 0.150. The van der Waals surface area contributed by atoms with Gasteiger partial charge < -0.3 is 14.4 Å². The first kappa shape index (κ1) is 17.7. The van der Waals surface area contributed by atoms with Crippen molar-refractivity contribution in [2.75, 3.05) is 13.1 Å². The Kier molecular flexibility index (Phi) is 5.44. The molecule has 0 atom stereocenters. The van der Waals surface area contributed by atoms with Gasteiger partial charge in [0, 0.05) is 13.1 Å². The highest BCUT2D eigenvalue weighted by molar-refractivity contribution is 5.18. The van der Waals surface area contributed by atoms with Crippen LogP contribution in [0.5, 0.6) is 5.88 Å². The van der Waals surface area contributed by atoms with Gasteiger partial charge >= 0.3 is 0 Å². The third-order valence-corrected chi connectivity index (χ3v) is 5.14. The highest BCUT2D eigenvalue weighted by Gasteiger charge is 2.27. The number of aromatic nitrogens is 5. The molecule has 0 amide bonds. The molecule has 1 saturated heterocycles. The first-order valence-corrected chi connectivity index (χ1v) is 9.44. The van der Waals surface area contributed by atoms with Gasteiger partial charge in [0.1, 0.15) is 18.8 Å². The summed E-state index contributed by atoms with van der Waals surface area (Å²) < 4.78 is 13.8. The van der Waals surface area contributed by atoms with E-state index in [1.54, 1.807) is 28.3 Å². The lowest BCUT2D eigenvalue weighted by atomic mass is 9.94. The molecule has 0 unspecified atom stereocenters. The second-order valence-corrected chi connectivity index (χ2v) is 6.99. The molecule has 0 N–H and O–H groups in total. The van der Waals surface area contributed by atoms with Crippen LogP contribution in [0.1, 0.15) is 38.5 Å². The quantitative estimate of drug-likeness (QED) is 0.734. The number of ether oxygens (including phenoxy) is 2. The minimum Gasteiger partial charge on any atom is -0.473 e. The van der Waals surface area contributed by atoms with Crippen molar-refractivity contribution in [3.63, 3.8) is 0 Å². The van der Waals surface area contributed by atoms with E-state index >= 15 is 0 Å². The number of nitrogens with zero attached hydrogens (tertiary/aromatic N) is 7. The van der Waals surface area contributed by atoms with Crippen LogP contribution in [0.3, 0.4) is 0 Å². The maximum Gasteiger partial charge on any atom is 0.232 e. The normalized spacial score (nSPS) is 23.7. The van der Waals surface area contributed by atoms with E-state index in [9.17, 15) is 0 Å². The summed E-state index contributed by atoms with van der Waals surface area (Å²) in [4.78, 5) is 14.3. The molecule has 9 nitrogen and oxygen atoms in total. The van der Waals surface area contributed by atoms with Gasteiger partial charge in [-0.15, -0.1) is 0 Å². The zero-order chi connectivity index (χ0) is 18.5. The van der Waals surface area contributed by atoms with E-state index in [1.807, 2.05) is 0 Å². The Morgan fingerprint density at radius 2 is 1.70 bits per heavy atom. The van der Waals surface area contributed by atoms with E-state index in [-0.39, 0.29) is 12.2 Å². The second kappa shape index (κ2) is 8.31. The molecule has 27 heavy (non-hydrogen) atoms. The van der Waals surface area contributed by atoms with Crippen molar-refractivity contribution in [1.82, 2.24) is 29.6 Å². The van der Waals surface area contributed by atoms with Gasteiger partial charge in [-0.05, 0) is 38.5 Å². The molecule has 2 fully saturated rings. The van der Waals surface area contributed by atoms with Crippen LogP contribution in [0.25, 0.3) is 5.82 Å². The highest BCUT2D eigenvalue weighted by Crippen LogP contribution is 2.27. The summed E-state index contributed by atoms with van der Waals surface area (Å²) in [7, 11) is 0. The van der Waals surface area contributed by atoms with Gasteiger partial charge in [-0.2, -0.15) is 10.4 Å². The summed E-state index contributed by atoms with van der Waals surface area (Å²) in [6.45, 7) is 1.62. The fourth-order valence-corrected chi connectivity index (χ4v) is 3.64. The van der Waals surface area contributed by atoms with Gasteiger partial charge in [-0.3, -0.25) is 0 Å². The Balaban J connectivity index is 1.21. The number of hydrogen-bond donors (Lipinski definition) is 0. The number of rotatable bonds is 5. The average molecular weight is 369 g/mol. The van der Waals surface area contributed by atoms with Crippen LogP contribution >= 0.6 is 0 Å². The van der Waals surface area contributed by atoms with Crippen molar-refractivity contribution in [3.05, 3.63) is 25.0 Å². The summed E-state index contributed by atoms with van der Waals surface area (Å²) in [6, 6.07) is 0. The lowest BCUT2D eigenvalue weighted by Crippen LogP contribution is -2.37. The molecule has 9 heteroatoms. The maximum atomic E-state index is 8.92. The molecule has 1 aliphatic carbocycles. The lowest BCUT2D eigenvalue weighted by molar-refractivity contribution is -0.0624. The second-order valence-electron chi connectivity index (χ2n) is 6.99. The third-order valence-electron chi connectivity index (χ3n) is 5.14. The first-order chi connectivity index (χ1) is 13.3. The van der Waals surface area contributed by atoms with E-state index in [0.717, 1.165) is 51.6 Å². The smallest absolute Gasteiger partial charge is 0.232 e. The van der Waals surface area contributed by atoms with Crippen molar-refractivity contribution >= 4 is 0 Å². The summed E-state index contributed by atoms with van der Waals surface area (Å²) in [5.74, 6) is 1.14. The zero-order valence-electron chi connectivity index (χ0n) is 15.1.